The van der Waals surface area contributed by atoms with Crippen LogP contribution >= 0.6 is 0 Å². The molecular formula is C15H28F3N3O2. The smallest absolute Gasteiger partial charge is 0.378 e. The van der Waals surface area contributed by atoms with Gasteiger partial charge in [0.25, 0.3) is 0 Å². The van der Waals surface area contributed by atoms with Crippen LogP contribution in [0.3, 0.4) is 0 Å². The van der Waals surface area contributed by atoms with Crippen molar-refractivity contribution in [1.82, 2.24) is 15.1 Å². The van der Waals surface area contributed by atoms with Crippen LogP contribution in [0, 0.1) is 0 Å². The minimum absolute atomic E-state index is 0.113. The maximum Gasteiger partial charge on any atom is 0.390 e. The maximum absolute atomic E-state index is 12.5. The third kappa shape index (κ3) is 8.53. The molecule has 1 heterocycles. The van der Waals surface area contributed by atoms with Gasteiger partial charge in [0.05, 0.1) is 19.6 Å². The average molecular weight is 339 g/mol. The molecule has 1 saturated heterocycles. The molecule has 0 aromatic heterocycles. The van der Waals surface area contributed by atoms with Crippen molar-refractivity contribution in [2.75, 3.05) is 52.5 Å². The summed E-state index contributed by atoms with van der Waals surface area (Å²) in [4.78, 5) is 15.8. The number of likely N-dealkylation sites (N-methyl/N-ethyl adjacent to an activating group) is 1. The summed E-state index contributed by atoms with van der Waals surface area (Å²) in [7, 11) is 0. The fourth-order valence-electron chi connectivity index (χ4n) is 2.52. The fraction of sp³-hybridized carbons (Fsp3) is 0.933. The Kier molecular flexibility index (Phi) is 8.86. The maximum atomic E-state index is 12.5. The van der Waals surface area contributed by atoms with Crippen LogP contribution in [0.25, 0.3) is 0 Å². The number of halogens is 3. The molecule has 1 amide bonds. The van der Waals surface area contributed by atoms with Crippen molar-refractivity contribution < 1.29 is 22.7 Å². The van der Waals surface area contributed by atoms with Crippen LogP contribution in [0.4, 0.5) is 13.2 Å². The molecule has 5 nitrogen and oxygen atoms in total. The lowest BCUT2D eigenvalue weighted by molar-refractivity contribution is -0.146. The molecule has 0 aromatic carbocycles. The molecule has 0 radical (unpaired) electrons. The SMILES string of the molecule is CCN(CC)CCN(CCC(F)(F)F)C(=O)CC1COCCN1. The zero-order chi connectivity index (χ0) is 17.3. The fourth-order valence-corrected chi connectivity index (χ4v) is 2.52. The first-order chi connectivity index (χ1) is 10.9. The van der Waals surface area contributed by atoms with E-state index in [1.807, 2.05) is 13.8 Å². The van der Waals surface area contributed by atoms with Gasteiger partial charge in [0.15, 0.2) is 0 Å². The zero-order valence-corrected chi connectivity index (χ0v) is 14.0. The first-order valence-electron chi connectivity index (χ1n) is 8.23. The van der Waals surface area contributed by atoms with Crippen molar-refractivity contribution in [3.8, 4) is 0 Å². The summed E-state index contributed by atoms with van der Waals surface area (Å²) < 4.78 is 42.8. The van der Waals surface area contributed by atoms with Crippen LogP contribution in [-0.2, 0) is 9.53 Å². The van der Waals surface area contributed by atoms with Crippen molar-refractivity contribution in [3.63, 3.8) is 0 Å². The van der Waals surface area contributed by atoms with E-state index in [-0.39, 0.29) is 24.9 Å². The van der Waals surface area contributed by atoms with Gasteiger partial charge in [-0.05, 0) is 13.1 Å². The first-order valence-corrected chi connectivity index (χ1v) is 8.23. The molecular weight excluding hydrogens is 311 g/mol. The van der Waals surface area contributed by atoms with E-state index in [1.165, 1.54) is 4.90 Å². The number of carbonyl (C=O) groups is 1. The number of alkyl halides is 3. The highest BCUT2D eigenvalue weighted by atomic mass is 19.4. The van der Waals surface area contributed by atoms with Crippen LogP contribution in [0.2, 0.25) is 0 Å². The number of morpholine rings is 1. The monoisotopic (exact) mass is 339 g/mol. The zero-order valence-electron chi connectivity index (χ0n) is 14.0. The molecule has 0 saturated carbocycles. The molecule has 1 N–H and O–H groups in total. The van der Waals surface area contributed by atoms with Gasteiger partial charge in [-0.25, -0.2) is 0 Å². The Morgan fingerprint density at radius 1 is 1.22 bits per heavy atom. The Balaban J connectivity index is 2.54. The van der Waals surface area contributed by atoms with Crippen LogP contribution in [0.1, 0.15) is 26.7 Å². The average Bonchev–Trinajstić information content (AvgIpc) is 2.51. The van der Waals surface area contributed by atoms with Gasteiger partial charge in [-0.3, -0.25) is 4.79 Å². The summed E-state index contributed by atoms with van der Waals surface area (Å²) in [5.41, 5.74) is 0. The molecule has 23 heavy (non-hydrogen) atoms. The van der Waals surface area contributed by atoms with Gasteiger partial charge in [-0.15, -0.1) is 0 Å². The van der Waals surface area contributed by atoms with Gasteiger partial charge in [-0.1, -0.05) is 13.8 Å². The Morgan fingerprint density at radius 2 is 1.91 bits per heavy atom. The lowest BCUT2D eigenvalue weighted by Crippen LogP contribution is -2.47. The quantitative estimate of drug-likeness (QED) is 0.691. The van der Waals surface area contributed by atoms with E-state index >= 15 is 0 Å². The van der Waals surface area contributed by atoms with Crippen LogP contribution in [0.15, 0.2) is 0 Å². The van der Waals surface area contributed by atoms with Crippen molar-refractivity contribution in [1.29, 1.82) is 0 Å². The summed E-state index contributed by atoms with van der Waals surface area (Å²) in [6, 6.07) is -0.113. The molecule has 1 unspecified atom stereocenters. The van der Waals surface area contributed by atoms with Crippen LogP contribution in [0.5, 0.6) is 0 Å². The summed E-state index contributed by atoms with van der Waals surface area (Å²) in [5.74, 6) is -0.246. The number of carbonyl (C=O) groups excluding carboxylic acids is 1. The molecule has 0 bridgehead atoms. The molecule has 0 aromatic rings. The topological polar surface area (TPSA) is 44.8 Å². The van der Waals surface area contributed by atoms with E-state index in [4.69, 9.17) is 4.74 Å². The highest BCUT2D eigenvalue weighted by molar-refractivity contribution is 5.76. The number of ether oxygens (including phenoxy) is 1. The third-order valence-electron chi connectivity index (χ3n) is 4.02. The van der Waals surface area contributed by atoms with Crippen LogP contribution in [-0.4, -0.2) is 80.4 Å². The number of amides is 1. The molecule has 8 heteroatoms. The lowest BCUT2D eigenvalue weighted by atomic mass is 10.1. The van der Waals surface area contributed by atoms with E-state index in [2.05, 4.69) is 10.2 Å². The molecule has 1 rings (SSSR count). The second-order valence-corrected chi connectivity index (χ2v) is 5.70. The number of nitrogens with zero attached hydrogens (tertiary/aromatic N) is 2. The standard InChI is InChI=1S/C15H28F3N3O2/c1-3-20(4-2)8-9-21(7-5-15(16,17)18)14(22)11-13-12-23-10-6-19-13/h13,19H,3-12H2,1-2H3. The normalized spacial score (nSPS) is 19.1. The Bertz CT molecular complexity index is 343. The van der Waals surface area contributed by atoms with E-state index in [1.54, 1.807) is 0 Å². The molecule has 1 aliphatic rings. The van der Waals surface area contributed by atoms with Gasteiger partial charge in [0.1, 0.15) is 0 Å². The minimum Gasteiger partial charge on any atom is -0.378 e. The van der Waals surface area contributed by atoms with Crippen molar-refractivity contribution in [3.05, 3.63) is 0 Å². The second-order valence-electron chi connectivity index (χ2n) is 5.70. The first kappa shape index (κ1) is 20.2. The number of rotatable bonds is 9. The number of hydrogen-bond acceptors (Lipinski definition) is 4. The predicted octanol–water partition coefficient (Wildman–Crippen LogP) is 1.49. The molecule has 136 valence electrons. The van der Waals surface area contributed by atoms with Crippen LogP contribution < -0.4 is 5.32 Å². The molecule has 0 spiro atoms. The summed E-state index contributed by atoms with van der Waals surface area (Å²) in [5, 5.41) is 3.16. The third-order valence-corrected chi connectivity index (χ3v) is 4.02. The van der Waals surface area contributed by atoms with E-state index in [0.29, 0.717) is 32.8 Å². The summed E-state index contributed by atoms with van der Waals surface area (Å²) in [6.07, 6.45) is -5.04. The van der Waals surface area contributed by atoms with Gasteiger partial charge in [0.2, 0.25) is 5.91 Å². The largest absolute Gasteiger partial charge is 0.390 e. The molecule has 1 aliphatic heterocycles. The van der Waals surface area contributed by atoms with E-state index < -0.39 is 12.6 Å². The minimum atomic E-state index is -4.25. The van der Waals surface area contributed by atoms with Gasteiger partial charge in [0, 0.05) is 38.6 Å². The molecule has 1 fully saturated rings. The summed E-state index contributed by atoms with van der Waals surface area (Å²) in [6.45, 7) is 7.95. The Labute approximate surface area is 136 Å². The van der Waals surface area contributed by atoms with Crippen molar-refractivity contribution in [2.45, 2.75) is 38.9 Å². The number of nitrogens with one attached hydrogen (secondary N) is 1. The van der Waals surface area contributed by atoms with Crippen molar-refractivity contribution in [2.24, 2.45) is 0 Å². The van der Waals surface area contributed by atoms with Crippen molar-refractivity contribution >= 4 is 5.91 Å². The Hall–Kier alpha value is -0.860. The highest BCUT2D eigenvalue weighted by Crippen LogP contribution is 2.20. The van der Waals surface area contributed by atoms with E-state index in [9.17, 15) is 18.0 Å². The van der Waals surface area contributed by atoms with Gasteiger partial charge >= 0.3 is 6.18 Å². The molecule has 1 atom stereocenters. The van der Waals surface area contributed by atoms with Gasteiger partial charge < -0.3 is 19.9 Å². The lowest BCUT2D eigenvalue weighted by Gasteiger charge is -2.29. The predicted molar refractivity (Wildman–Crippen MR) is 82.3 cm³/mol. The number of hydrogen-bond donors (Lipinski definition) is 1. The van der Waals surface area contributed by atoms with Gasteiger partial charge in [-0.2, -0.15) is 13.2 Å². The summed E-state index contributed by atoms with van der Waals surface area (Å²) >= 11 is 0. The second kappa shape index (κ2) is 10.1. The highest BCUT2D eigenvalue weighted by Gasteiger charge is 2.29. The van der Waals surface area contributed by atoms with E-state index in [0.717, 1.165) is 13.1 Å². The molecule has 0 aliphatic carbocycles. The Morgan fingerprint density at radius 3 is 2.43 bits per heavy atom.